The first-order chi connectivity index (χ1) is 11.5. The van der Waals surface area contributed by atoms with Crippen LogP contribution < -0.4 is 5.32 Å². The number of carbonyl (C=O) groups is 1. The summed E-state index contributed by atoms with van der Waals surface area (Å²) in [5.74, 6) is 0.0540. The normalized spacial score (nSPS) is 14.3. The highest BCUT2D eigenvalue weighted by Gasteiger charge is 2.30. The number of alkyl halides is 2. The van der Waals surface area contributed by atoms with Gasteiger partial charge in [-0.25, -0.2) is 8.78 Å². The summed E-state index contributed by atoms with van der Waals surface area (Å²) in [6.07, 6.45) is 3.82. The minimum Gasteiger partial charge on any atom is -0.354 e. The fourth-order valence-corrected chi connectivity index (χ4v) is 2.64. The summed E-state index contributed by atoms with van der Waals surface area (Å²) in [5, 5.41) is 10.9. The van der Waals surface area contributed by atoms with Crippen molar-refractivity contribution in [3.05, 3.63) is 35.4 Å². The van der Waals surface area contributed by atoms with Crippen LogP contribution in [0.5, 0.6) is 0 Å². The number of carbonyl (C=O) groups excluding carboxylic acids is 1. The third-order valence-corrected chi connectivity index (χ3v) is 3.99. The van der Waals surface area contributed by atoms with Gasteiger partial charge < -0.3 is 5.32 Å². The van der Waals surface area contributed by atoms with Crippen LogP contribution in [0.4, 0.5) is 8.78 Å². The lowest BCUT2D eigenvalue weighted by atomic mass is 10.2. The van der Waals surface area contributed by atoms with Gasteiger partial charge in [-0.15, -0.1) is 0 Å². The highest BCUT2D eigenvalue weighted by atomic mass is 19.3. The van der Waals surface area contributed by atoms with Crippen LogP contribution in [-0.2, 0) is 17.9 Å². The molecule has 0 radical (unpaired) electrons. The van der Waals surface area contributed by atoms with E-state index in [4.69, 9.17) is 0 Å². The molecule has 2 heterocycles. The van der Waals surface area contributed by atoms with Gasteiger partial charge >= 0.3 is 0 Å². The molecule has 0 spiro atoms. The first kappa shape index (κ1) is 16.6. The zero-order valence-corrected chi connectivity index (χ0v) is 13.6. The Bertz CT molecular complexity index is 705. The predicted octanol–water partition coefficient (Wildman–Crippen LogP) is 2.41. The first-order valence-corrected chi connectivity index (χ1v) is 8.14. The summed E-state index contributed by atoms with van der Waals surface area (Å²) in [4.78, 5) is 12.0. The number of aromatic nitrogens is 4. The van der Waals surface area contributed by atoms with E-state index >= 15 is 0 Å². The average molecular weight is 337 g/mol. The second-order valence-electron chi connectivity index (χ2n) is 6.21. The molecule has 130 valence electrons. The van der Waals surface area contributed by atoms with Crippen molar-refractivity contribution < 1.29 is 13.6 Å². The molecule has 1 amide bonds. The third kappa shape index (κ3) is 4.18. The van der Waals surface area contributed by atoms with Gasteiger partial charge in [-0.2, -0.15) is 10.2 Å². The molecule has 1 N–H and O–H groups in total. The van der Waals surface area contributed by atoms with Crippen LogP contribution in [0.3, 0.4) is 0 Å². The van der Waals surface area contributed by atoms with E-state index < -0.39 is 6.43 Å². The molecule has 1 aliphatic carbocycles. The van der Waals surface area contributed by atoms with Crippen LogP contribution in [0.15, 0.2) is 18.5 Å². The molecule has 0 bridgehead atoms. The standard InChI is InChI=1S/C16H21F2N5O/c1-11-8-20-22(9-11)6-2-5-19-15(24)10-23-14(12-3-4-12)7-13(21-23)16(17)18/h7-9,12,16H,2-6,10H2,1H3,(H,19,24). The quantitative estimate of drug-likeness (QED) is 0.752. The fraction of sp³-hybridized carbons (Fsp3) is 0.562. The number of amides is 1. The van der Waals surface area contributed by atoms with Crippen molar-refractivity contribution in [2.45, 2.75) is 51.6 Å². The zero-order valence-electron chi connectivity index (χ0n) is 13.6. The number of nitrogens with one attached hydrogen (secondary N) is 1. The van der Waals surface area contributed by atoms with E-state index in [1.54, 1.807) is 6.20 Å². The number of nitrogens with zero attached hydrogens (tertiary/aromatic N) is 4. The van der Waals surface area contributed by atoms with Crippen molar-refractivity contribution in [2.24, 2.45) is 0 Å². The molecule has 0 atom stereocenters. The fourth-order valence-electron chi connectivity index (χ4n) is 2.64. The Morgan fingerprint density at radius 1 is 1.46 bits per heavy atom. The maximum Gasteiger partial charge on any atom is 0.282 e. The van der Waals surface area contributed by atoms with Crippen LogP contribution in [0.2, 0.25) is 0 Å². The predicted molar refractivity (Wildman–Crippen MR) is 83.7 cm³/mol. The topological polar surface area (TPSA) is 64.7 Å². The van der Waals surface area contributed by atoms with E-state index in [1.165, 1.54) is 10.7 Å². The van der Waals surface area contributed by atoms with Gasteiger partial charge in [0.1, 0.15) is 12.2 Å². The maximum absolute atomic E-state index is 12.8. The molecule has 1 aliphatic rings. The molecular weight excluding hydrogens is 316 g/mol. The average Bonchev–Trinajstić information content (AvgIpc) is 3.16. The van der Waals surface area contributed by atoms with Crippen molar-refractivity contribution in [2.75, 3.05) is 6.54 Å². The lowest BCUT2D eigenvalue weighted by molar-refractivity contribution is -0.121. The first-order valence-electron chi connectivity index (χ1n) is 8.14. The molecule has 6 nitrogen and oxygen atoms in total. The highest BCUT2D eigenvalue weighted by Crippen LogP contribution is 2.41. The second kappa shape index (κ2) is 7.11. The van der Waals surface area contributed by atoms with E-state index in [2.05, 4.69) is 15.5 Å². The van der Waals surface area contributed by atoms with E-state index in [0.717, 1.165) is 37.1 Å². The summed E-state index contributed by atoms with van der Waals surface area (Å²) >= 11 is 0. The molecule has 2 aromatic rings. The number of rotatable bonds is 8. The lowest BCUT2D eigenvalue weighted by Gasteiger charge is -2.08. The smallest absolute Gasteiger partial charge is 0.282 e. The Morgan fingerprint density at radius 3 is 2.88 bits per heavy atom. The van der Waals surface area contributed by atoms with Crippen molar-refractivity contribution in [3.8, 4) is 0 Å². The number of halogens is 2. The van der Waals surface area contributed by atoms with Crippen molar-refractivity contribution in [1.82, 2.24) is 24.9 Å². The Morgan fingerprint density at radius 2 is 2.25 bits per heavy atom. The number of hydrogen-bond acceptors (Lipinski definition) is 3. The van der Waals surface area contributed by atoms with Gasteiger partial charge in [0.15, 0.2) is 0 Å². The molecule has 1 fully saturated rings. The van der Waals surface area contributed by atoms with E-state index in [-0.39, 0.29) is 24.1 Å². The van der Waals surface area contributed by atoms with E-state index in [0.29, 0.717) is 6.54 Å². The minimum atomic E-state index is -2.61. The van der Waals surface area contributed by atoms with Crippen molar-refractivity contribution >= 4 is 5.91 Å². The van der Waals surface area contributed by atoms with E-state index in [1.807, 2.05) is 17.8 Å². The van der Waals surface area contributed by atoms with Crippen molar-refractivity contribution in [1.29, 1.82) is 0 Å². The van der Waals surface area contributed by atoms with Crippen LogP contribution in [-0.4, -0.2) is 32.0 Å². The Labute approximate surface area is 138 Å². The van der Waals surface area contributed by atoms with Gasteiger partial charge in [0.25, 0.3) is 6.43 Å². The molecule has 0 aromatic carbocycles. The minimum absolute atomic E-state index is 0.0145. The third-order valence-electron chi connectivity index (χ3n) is 3.99. The van der Waals surface area contributed by atoms with Crippen LogP contribution >= 0.6 is 0 Å². The summed E-state index contributed by atoms with van der Waals surface area (Å²) in [5.41, 5.74) is 1.59. The summed E-state index contributed by atoms with van der Waals surface area (Å²) in [6.45, 7) is 3.19. The van der Waals surface area contributed by atoms with Crippen LogP contribution in [0.25, 0.3) is 0 Å². The summed E-state index contributed by atoms with van der Waals surface area (Å²) in [6, 6.07) is 1.43. The molecule has 8 heteroatoms. The summed E-state index contributed by atoms with van der Waals surface area (Å²) < 4.78 is 28.9. The number of aryl methyl sites for hydroxylation is 2. The highest BCUT2D eigenvalue weighted by molar-refractivity contribution is 5.75. The molecule has 0 saturated heterocycles. The monoisotopic (exact) mass is 337 g/mol. The van der Waals surface area contributed by atoms with Gasteiger partial charge in [-0.3, -0.25) is 14.2 Å². The molecule has 24 heavy (non-hydrogen) atoms. The number of hydrogen-bond donors (Lipinski definition) is 1. The Hall–Kier alpha value is -2.25. The largest absolute Gasteiger partial charge is 0.354 e. The Kier molecular flexibility index (Phi) is 4.92. The summed E-state index contributed by atoms with van der Waals surface area (Å²) in [7, 11) is 0. The van der Waals surface area contributed by atoms with Gasteiger partial charge in [0.05, 0.1) is 6.20 Å². The maximum atomic E-state index is 12.8. The lowest BCUT2D eigenvalue weighted by Crippen LogP contribution is -2.30. The van der Waals surface area contributed by atoms with Crippen LogP contribution in [0, 0.1) is 6.92 Å². The molecule has 1 saturated carbocycles. The van der Waals surface area contributed by atoms with Gasteiger partial charge in [0.2, 0.25) is 5.91 Å². The second-order valence-corrected chi connectivity index (χ2v) is 6.21. The molecule has 2 aromatic heterocycles. The molecule has 0 aliphatic heterocycles. The van der Waals surface area contributed by atoms with E-state index in [9.17, 15) is 13.6 Å². The van der Waals surface area contributed by atoms with Gasteiger partial charge in [-0.1, -0.05) is 0 Å². The zero-order chi connectivity index (χ0) is 17.1. The SMILES string of the molecule is Cc1cnn(CCCNC(=O)Cn2nc(C(F)F)cc2C2CC2)c1. The molecule has 0 unspecified atom stereocenters. The van der Waals surface area contributed by atoms with Gasteiger partial charge in [0, 0.05) is 30.9 Å². The van der Waals surface area contributed by atoms with Gasteiger partial charge in [-0.05, 0) is 37.8 Å². The molecular formula is C16H21F2N5O. The Balaban J connectivity index is 1.47. The van der Waals surface area contributed by atoms with Crippen molar-refractivity contribution in [3.63, 3.8) is 0 Å². The molecule has 3 rings (SSSR count). The van der Waals surface area contributed by atoms with Crippen LogP contribution in [0.1, 0.15) is 48.6 Å².